The molecule has 1 fully saturated rings. The standard InChI is InChI=1S/C19H14ClNO3S2/c20-13-5-3-12(4-6-13)16-8-7-14(24-16)10-17-18(22)21(19(25)26-17)11-15-2-1-9-23-15/h1-10,19,25H,11H2/b17-10-. The Bertz CT molecular complexity index is 948. The number of hydrogen-bond donors (Lipinski definition) is 1. The van der Waals surface area contributed by atoms with Gasteiger partial charge in [0.2, 0.25) is 0 Å². The summed E-state index contributed by atoms with van der Waals surface area (Å²) in [5.74, 6) is 1.98. The molecule has 0 N–H and O–H groups in total. The van der Waals surface area contributed by atoms with Gasteiger partial charge in [0.05, 0.1) is 17.7 Å². The van der Waals surface area contributed by atoms with Crippen molar-refractivity contribution in [3.63, 3.8) is 0 Å². The zero-order valence-corrected chi connectivity index (χ0v) is 15.9. The molecule has 2 aromatic heterocycles. The second-order valence-corrected chi connectivity index (χ2v) is 8.07. The Morgan fingerprint density at radius 2 is 2.00 bits per heavy atom. The largest absolute Gasteiger partial charge is 0.467 e. The van der Waals surface area contributed by atoms with Crippen LogP contribution in [0.5, 0.6) is 0 Å². The molecular formula is C19H14ClNO3S2. The minimum absolute atomic E-state index is 0.0872. The molecule has 1 saturated heterocycles. The van der Waals surface area contributed by atoms with Gasteiger partial charge in [0.1, 0.15) is 22.0 Å². The van der Waals surface area contributed by atoms with E-state index in [1.165, 1.54) is 11.8 Å². The SMILES string of the molecule is O=C1/C(=C/c2ccc(-c3ccc(Cl)cc3)o2)SC(S)N1Cc1ccco1. The van der Waals surface area contributed by atoms with Crippen LogP contribution in [0.1, 0.15) is 11.5 Å². The third kappa shape index (κ3) is 3.58. The Hall–Kier alpha value is -2.02. The van der Waals surface area contributed by atoms with Crippen LogP contribution in [-0.2, 0) is 11.3 Å². The lowest BCUT2D eigenvalue weighted by atomic mass is 10.2. The predicted molar refractivity (Wildman–Crippen MR) is 107 cm³/mol. The van der Waals surface area contributed by atoms with Gasteiger partial charge in [-0.1, -0.05) is 23.4 Å². The van der Waals surface area contributed by atoms with Crippen LogP contribution in [0.15, 0.2) is 68.5 Å². The van der Waals surface area contributed by atoms with Crippen LogP contribution in [0.25, 0.3) is 17.4 Å². The number of nitrogens with zero attached hydrogens (tertiary/aromatic N) is 1. The van der Waals surface area contributed by atoms with Crippen LogP contribution in [0, 0.1) is 0 Å². The van der Waals surface area contributed by atoms with Gasteiger partial charge in [-0.3, -0.25) is 4.79 Å². The molecule has 1 aromatic carbocycles. The van der Waals surface area contributed by atoms with E-state index in [4.69, 9.17) is 20.4 Å². The number of halogens is 1. The molecule has 7 heteroatoms. The molecule has 0 bridgehead atoms. The fraction of sp³-hybridized carbons (Fsp3) is 0.105. The van der Waals surface area contributed by atoms with Crippen molar-refractivity contribution < 1.29 is 13.6 Å². The first-order chi connectivity index (χ1) is 12.6. The molecular weight excluding hydrogens is 390 g/mol. The van der Waals surface area contributed by atoms with E-state index in [0.717, 1.165) is 17.1 Å². The molecule has 4 rings (SSSR count). The van der Waals surface area contributed by atoms with Crippen LogP contribution in [-0.4, -0.2) is 15.5 Å². The molecule has 0 saturated carbocycles. The van der Waals surface area contributed by atoms with E-state index in [1.54, 1.807) is 23.3 Å². The summed E-state index contributed by atoms with van der Waals surface area (Å²) in [4.78, 5) is 14.9. The molecule has 4 nitrogen and oxygen atoms in total. The van der Waals surface area contributed by atoms with Gasteiger partial charge in [0, 0.05) is 16.7 Å². The zero-order valence-electron chi connectivity index (χ0n) is 13.5. The van der Waals surface area contributed by atoms with Crippen LogP contribution in [0.3, 0.4) is 0 Å². The summed E-state index contributed by atoms with van der Waals surface area (Å²) in [5.41, 5.74) is 0.927. The van der Waals surface area contributed by atoms with Crippen molar-refractivity contribution in [2.75, 3.05) is 0 Å². The molecule has 1 atom stereocenters. The maximum Gasteiger partial charge on any atom is 0.262 e. The molecule has 0 aliphatic carbocycles. The summed E-state index contributed by atoms with van der Waals surface area (Å²) in [6.07, 6.45) is 3.34. The van der Waals surface area contributed by atoms with Crippen LogP contribution in [0.2, 0.25) is 5.02 Å². The molecule has 0 radical (unpaired) electrons. The number of thiol groups is 1. The van der Waals surface area contributed by atoms with Crippen LogP contribution < -0.4 is 0 Å². The Morgan fingerprint density at radius 1 is 1.19 bits per heavy atom. The van der Waals surface area contributed by atoms with Crippen molar-refractivity contribution in [2.45, 2.75) is 11.3 Å². The molecule has 1 aliphatic rings. The number of carbonyl (C=O) groups is 1. The van der Waals surface area contributed by atoms with Gasteiger partial charge in [0.15, 0.2) is 0 Å². The molecule has 0 spiro atoms. The Balaban J connectivity index is 1.53. The number of furan rings is 2. The van der Waals surface area contributed by atoms with E-state index in [9.17, 15) is 4.79 Å². The van der Waals surface area contributed by atoms with Crippen molar-refractivity contribution in [3.8, 4) is 11.3 Å². The lowest BCUT2D eigenvalue weighted by Crippen LogP contribution is -2.28. The second-order valence-electron chi connectivity index (χ2n) is 5.67. The fourth-order valence-electron chi connectivity index (χ4n) is 2.61. The summed E-state index contributed by atoms with van der Waals surface area (Å²) < 4.78 is 10.9. The third-order valence-electron chi connectivity index (χ3n) is 3.91. The van der Waals surface area contributed by atoms with Gasteiger partial charge in [-0.25, -0.2) is 0 Å². The van der Waals surface area contributed by atoms with Crippen molar-refractivity contribution in [3.05, 3.63) is 76.2 Å². The monoisotopic (exact) mass is 403 g/mol. The fourth-order valence-corrected chi connectivity index (χ4v) is 4.19. The summed E-state index contributed by atoms with van der Waals surface area (Å²) in [6, 6.07) is 14.8. The van der Waals surface area contributed by atoms with Gasteiger partial charge in [-0.2, -0.15) is 0 Å². The number of carbonyl (C=O) groups excluding carboxylic acids is 1. The summed E-state index contributed by atoms with van der Waals surface area (Å²) in [7, 11) is 0. The van der Waals surface area contributed by atoms with Gasteiger partial charge in [-0.15, -0.1) is 12.6 Å². The van der Waals surface area contributed by atoms with Crippen molar-refractivity contribution >= 4 is 48.0 Å². The van der Waals surface area contributed by atoms with Crippen molar-refractivity contribution in [1.29, 1.82) is 0 Å². The minimum Gasteiger partial charge on any atom is -0.467 e. The van der Waals surface area contributed by atoms with E-state index in [1.807, 2.05) is 42.5 Å². The highest BCUT2D eigenvalue weighted by Gasteiger charge is 2.34. The van der Waals surface area contributed by atoms with Crippen molar-refractivity contribution in [1.82, 2.24) is 4.90 Å². The third-order valence-corrected chi connectivity index (χ3v) is 5.76. The normalized spacial score (nSPS) is 18.8. The first-order valence-electron chi connectivity index (χ1n) is 7.86. The zero-order chi connectivity index (χ0) is 18.1. The highest BCUT2D eigenvalue weighted by molar-refractivity contribution is 8.14. The number of amides is 1. The highest BCUT2D eigenvalue weighted by atomic mass is 35.5. The molecule has 132 valence electrons. The average Bonchev–Trinajstić information content (AvgIpc) is 3.35. The van der Waals surface area contributed by atoms with Crippen LogP contribution in [0.4, 0.5) is 0 Å². The summed E-state index contributed by atoms with van der Waals surface area (Å²) >= 11 is 11.8. The predicted octanol–water partition coefficient (Wildman–Crippen LogP) is 5.52. The van der Waals surface area contributed by atoms with Gasteiger partial charge in [-0.05, 0) is 48.5 Å². The molecule has 3 heterocycles. The molecule has 26 heavy (non-hydrogen) atoms. The van der Waals surface area contributed by atoms with E-state index in [-0.39, 0.29) is 10.6 Å². The summed E-state index contributed by atoms with van der Waals surface area (Å²) in [5, 5.41) is 0.673. The highest BCUT2D eigenvalue weighted by Crippen LogP contribution is 2.39. The number of rotatable bonds is 4. The molecule has 1 unspecified atom stereocenters. The first kappa shape index (κ1) is 17.4. The van der Waals surface area contributed by atoms with E-state index < -0.39 is 0 Å². The van der Waals surface area contributed by atoms with Crippen LogP contribution >= 0.6 is 36.0 Å². The molecule has 1 aliphatic heterocycles. The molecule has 1 amide bonds. The first-order valence-corrected chi connectivity index (χ1v) is 9.63. The average molecular weight is 404 g/mol. The second kappa shape index (κ2) is 7.31. The Morgan fingerprint density at radius 3 is 2.73 bits per heavy atom. The number of thioether (sulfide) groups is 1. The van der Waals surface area contributed by atoms with E-state index in [2.05, 4.69) is 12.6 Å². The lowest BCUT2D eigenvalue weighted by molar-refractivity contribution is -0.125. The van der Waals surface area contributed by atoms with E-state index in [0.29, 0.717) is 22.2 Å². The lowest BCUT2D eigenvalue weighted by Gasteiger charge is -2.17. The maximum atomic E-state index is 12.7. The Labute approximate surface area is 165 Å². The van der Waals surface area contributed by atoms with E-state index >= 15 is 0 Å². The smallest absolute Gasteiger partial charge is 0.262 e. The van der Waals surface area contributed by atoms with Crippen molar-refractivity contribution in [2.24, 2.45) is 0 Å². The minimum atomic E-state index is -0.260. The number of benzene rings is 1. The molecule has 3 aromatic rings. The van der Waals surface area contributed by atoms with Gasteiger partial charge in [0.25, 0.3) is 5.91 Å². The number of hydrogen-bond acceptors (Lipinski definition) is 5. The quantitative estimate of drug-likeness (QED) is 0.460. The Kier molecular flexibility index (Phi) is 4.89. The topological polar surface area (TPSA) is 46.6 Å². The summed E-state index contributed by atoms with van der Waals surface area (Å²) in [6.45, 7) is 0.387. The van der Waals surface area contributed by atoms with Gasteiger partial charge >= 0.3 is 0 Å². The maximum absolute atomic E-state index is 12.7. The van der Waals surface area contributed by atoms with Gasteiger partial charge < -0.3 is 13.7 Å².